The summed E-state index contributed by atoms with van der Waals surface area (Å²) in [5.41, 5.74) is 1.50. The van der Waals surface area contributed by atoms with Gasteiger partial charge in [-0.3, -0.25) is 4.79 Å². The largest absolute Gasteiger partial charge is 0.471 e. The lowest BCUT2D eigenvalue weighted by atomic mass is 9.73. The zero-order chi connectivity index (χ0) is 26.1. The minimum absolute atomic E-state index is 0.142. The normalized spacial score (nSPS) is 21.0. The van der Waals surface area contributed by atoms with E-state index in [1.807, 2.05) is 39.0 Å². The Morgan fingerprint density at radius 3 is 2.58 bits per heavy atom. The highest BCUT2D eigenvalue weighted by Gasteiger charge is 2.46. The third-order valence-electron chi connectivity index (χ3n) is 7.28. The quantitative estimate of drug-likeness (QED) is 0.446. The van der Waals surface area contributed by atoms with E-state index in [0.717, 1.165) is 36.8 Å². The minimum Gasteiger partial charge on any atom is -0.471 e. The number of nitrogens with one attached hydrogen (secondary N) is 2. The number of hydrogen-bond donors (Lipinski definition) is 3. The topological polar surface area (TPSA) is 83.5 Å². The molecule has 196 valence electrons. The van der Waals surface area contributed by atoms with Gasteiger partial charge in [0.25, 0.3) is 0 Å². The highest BCUT2D eigenvalue weighted by molar-refractivity contribution is 6.30. The van der Waals surface area contributed by atoms with Gasteiger partial charge in [0.2, 0.25) is 11.8 Å². The molecular weight excluding hydrogens is 481 g/mol. The fraction of sp³-hybridized carbons (Fsp3) is 0.571. The molecule has 1 aliphatic carbocycles. The first-order chi connectivity index (χ1) is 17.0. The van der Waals surface area contributed by atoms with Gasteiger partial charge < -0.3 is 20.5 Å². The van der Waals surface area contributed by atoms with E-state index in [9.17, 15) is 9.90 Å². The molecule has 1 saturated carbocycles. The lowest BCUT2D eigenvalue weighted by molar-refractivity contribution is -0.120. The van der Waals surface area contributed by atoms with Crippen molar-refractivity contribution in [2.24, 2.45) is 5.41 Å². The number of alkyl halides is 1. The third-order valence-corrected chi connectivity index (χ3v) is 7.53. The molecule has 6 nitrogen and oxygen atoms in total. The second-order valence-corrected chi connectivity index (χ2v) is 11.8. The molecule has 1 aromatic heterocycles. The van der Waals surface area contributed by atoms with Crippen LogP contribution >= 0.6 is 11.6 Å². The second kappa shape index (κ2) is 10.6. The smallest absolute Gasteiger partial charge is 0.218 e. The first-order valence-corrected chi connectivity index (χ1v) is 13.1. The van der Waals surface area contributed by atoms with E-state index in [-0.39, 0.29) is 24.1 Å². The molecule has 0 radical (unpaired) electrons. The number of fused-ring (bicyclic) bond motifs is 1. The van der Waals surface area contributed by atoms with Crippen molar-refractivity contribution < 1.29 is 19.0 Å². The monoisotopic (exact) mass is 517 g/mol. The van der Waals surface area contributed by atoms with Crippen molar-refractivity contribution in [3.8, 4) is 5.88 Å². The molecule has 8 heteroatoms. The summed E-state index contributed by atoms with van der Waals surface area (Å²) in [4.78, 5) is 16.4. The maximum atomic E-state index is 15.2. The number of pyridine rings is 1. The van der Waals surface area contributed by atoms with Crippen LogP contribution in [0, 0.1) is 5.41 Å². The van der Waals surface area contributed by atoms with Gasteiger partial charge in [-0.25, -0.2) is 9.37 Å². The molecule has 0 bridgehead atoms. The summed E-state index contributed by atoms with van der Waals surface area (Å²) in [5.74, 6) is 0.334. The molecule has 1 fully saturated rings. The number of benzene rings is 1. The molecule has 1 spiro atoms. The summed E-state index contributed by atoms with van der Waals surface area (Å²) in [6.45, 7) is 7.30. The highest BCUT2D eigenvalue weighted by Crippen LogP contribution is 2.49. The van der Waals surface area contributed by atoms with Gasteiger partial charge in [-0.05, 0) is 54.9 Å². The fourth-order valence-electron chi connectivity index (χ4n) is 5.07. The predicted octanol–water partition coefficient (Wildman–Crippen LogP) is 5.24. The van der Waals surface area contributed by atoms with Crippen LogP contribution in [0.5, 0.6) is 5.88 Å². The van der Waals surface area contributed by atoms with Crippen LogP contribution in [-0.2, 0) is 11.2 Å². The molecule has 36 heavy (non-hydrogen) atoms. The minimum atomic E-state index is -1.16. The zero-order valence-corrected chi connectivity index (χ0v) is 22.2. The van der Waals surface area contributed by atoms with E-state index in [1.54, 1.807) is 18.3 Å². The molecule has 2 aliphatic rings. The lowest BCUT2D eigenvalue weighted by Gasteiger charge is -2.47. The summed E-state index contributed by atoms with van der Waals surface area (Å²) in [6.07, 6.45) is 3.78. The van der Waals surface area contributed by atoms with E-state index in [1.165, 1.54) is 6.92 Å². The van der Waals surface area contributed by atoms with E-state index in [0.29, 0.717) is 22.9 Å². The lowest BCUT2D eigenvalue weighted by Crippen LogP contribution is -2.52. The Bertz CT molecular complexity index is 1070. The van der Waals surface area contributed by atoms with E-state index >= 15 is 4.39 Å². The van der Waals surface area contributed by atoms with Gasteiger partial charge in [-0.1, -0.05) is 44.5 Å². The van der Waals surface area contributed by atoms with Gasteiger partial charge in [0.1, 0.15) is 11.8 Å². The molecule has 1 aliphatic heterocycles. The Labute approximate surface area is 218 Å². The number of aromatic nitrogens is 1. The van der Waals surface area contributed by atoms with Crippen LogP contribution in [0.25, 0.3) is 0 Å². The molecule has 4 rings (SSSR count). The van der Waals surface area contributed by atoms with Crippen molar-refractivity contribution in [1.82, 2.24) is 15.6 Å². The molecule has 1 amide bonds. The Morgan fingerprint density at radius 1 is 1.31 bits per heavy atom. The standard InChI is InChI=1S/C28H37ClFN3O3/c1-17(34)33-22(12-18-6-8-20(29)9-7-18)24(35)16-31-23-14-28(10-5-11-28)36-26-21(23)13-19(15-32-26)25(30)27(2,3)4/h6-9,13,15,22-25,31,35H,5,10-12,14,16H2,1-4H3,(H,33,34)/t22-,23-,24+,25-/m0/s1. The number of aliphatic hydroxyl groups is 1. The Hall–Kier alpha value is -2.22. The molecule has 0 unspecified atom stereocenters. The van der Waals surface area contributed by atoms with Gasteiger partial charge in [0.15, 0.2) is 0 Å². The van der Waals surface area contributed by atoms with E-state index in [4.69, 9.17) is 16.3 Å². The molecule has 1 aromatic carbocycles. The van der Waals surface area contributed by atoms with Crippen molar-refractivity contribution in [3.63, 3.8) is 0 Å². The summed E-state index contributed by atoms with van der Waals surface area (Å²) in [5, 5.41) is 18.1. The molecular formula is C28H37ClFN3O3. The van der Waals surface area contributed by atoms with Gasteiger partial charge in [-0.15, -0.1) is 0 Å². The number of amides is 1. The number of ether oxygens (including phenoxy) is 1. The molecule has 3 N–H and O–H groups in total. The predicted molar refractivity (Wildman–Crippen MR) is 139 cm³/mol. The van der Waals surface area contributed by atoms with Gasteiger partial charge in [0, 0.05) is 48.3 Å². The van der Waals surface area contributed by atoms with Crippen LogP contribution in [0.15, 0.2) is 36.5 Å². The summed E-state index contributed by atoms with van der Waals surface area (Å²) < 4.78 is 21.4. The second-order valence-electron chi connectivity index (χ2n) is 11.4. The summed E-state index contributed by atoms with van der Waals surface area (Å²) in [7, 11) is 0. The summed E-state index contributed by atoms with van der Waals surface area (Å²) >= 11 is 6.00. The first-order valence-electron chi connectivity index (χ1n) is 12.7. The molecule has 2 heterocycles. The Kier molecular flexibility index (Phi) is 7.93. The van der Waals surface area contributed by atoms with Crippen LogP contribution < -0.4 is 15.4 Å². The van der Waals surface area contributed by atoms with Crippen LogP contribution in [0.4, 0.5) is 4.39 Å². The number of aliphatic hydroxyl groups excluding tert-OH is 1. The van der Waals surface area contributed by atoms with Gasteiger partial charge >= 0.3 is 0 Å². The van der Waals surface area contributed by atoms with Crippen molar-refractivity contribution >= 4 is 17.5 Å². The molecule has 4 atom stereocenters. The number of nitrogens with zero attached hydrogens (tertiary/aromatic N) is 1. The van der Waals surface area contributed by atoms with Crippen molar-refractivity contribution in [3.05, 3.63) is 58.2 Å². The van der Waals surface area contributed by atoms with E-state index < -0.39 is 23.7 Å². The van der Waals surface area contributed by atoms with Crippen molar-refractivity contribution in [2.45, 2.75) is 89.8 Å². The number of carbonyl (C=O) groups excluding carboxylic acids is 1. The van der Waals surface area contributed by atoms with Crippen molar-refractivity contribution in [2.75, 3.05) is 6.54 Å². The fourth-order valence-corrected chi connectivity index (χ4v) is 5.20. The number of rotatable bonds is 8. The first kappa shape index (κ1) is 26.8. The van der Waals surface area contributed by atoms with Gasteiger partial charge in [-0.2, -0.15) is 0 Å². The zero-order valence-electron chi connectivity index (χ0n) is 21.5. The summed E-state index contributed by atoms with van der Waals surface area (Å²) in [6, 6.07) is 8.61. The molecule has 0 saturated heterocycles. The maximum absolute atomic E-state index is 15.2. The maximum Gasteiger partial charge on any atom is 0.218 e. The third kappa shape index (κ3) is 6.18. The number of hydrogen-bond acceptors (Lipinski definition) is 5. The van der Waals surface area contributed by atoms with Gasteiger partial charge in [0.05, 0.1) is 12.1 Å². The van der Waals surface area contributed by atoms with Crippen molar-refractivity contribution in [1.29, 1.82) is 0 Å². The van der Waals surface area contributed by atoms with E-state index in [2.05, 4.69) is 15.6 Å². The number of carbonyl (C=O) groups is 1. The van der Waals surface area contributed by atoms with Crippen LogP contribution in [-0.4, -0.2) is 40.3 Å². The SMILES string of the molecule is CC(=O)N[C@@H](Cc1ccc(Cl)cc1)[C@H](O)CN[C@H]1CC2(CCC2)Oc2ncc([C@H](F)C(C)(C)C)cc21. The van der Waals surface area contributed by atoms with Crippen LogP contribution in [0.3, 0.4) is 0 Å². The number of halogens is 2. The average Bonchev–Trinajstić information content (AvgIpc) is 2.80. The average molecular weight is 518 g/mol. The van der Waals surface area contributed by atoms with Crippen LogP contribution in [0.1, 0.15) is 82.3 Å². The Morgan fingerprint density at radius 2 is 2.00 bits per heavy atom. The Balaban J connectivity index is 1.52. The molecule has 2 aromatic rings. The highest BCUT2D eigenvalue weighted by atomic mass is 35.5. The van der Waals surface area contributed by atoms with Crippen LogP contribution in [0.2, 0.25) is 5.02 Å².